The molecule has 1 nitrogen and oxygen atoms in total. The van der Waals surface area contributed by atoms with E-state index in [9.17, 15) is 0 Å². The second kappa shape index (κ2) is 14.8. The van der Waals surface area contributed by atoms with Crippen molar-refractivity contribution in [2.75, 3.05) is 0 Å². The highest BCUT2D eigenvalue weighted by molar-refractivity contribution is 5.80. The van der Waals surface area contributed by atoms with Crippen molar-refractivity contribution in [3.05, 3.63) is 36.0 Å². The van der Waals surface area contributed by atoms with Gasteiger partial charge in [0.25, 0.3) is 0 Å². The molecule has 0 saturated carbocycles. The first kappa shape index (κ1) is 22.1. The van der Waals surface area contributed by atoms with Crippen molar-refractivity contribution in [2.24, 2.45) is 0 Å². The van der Waals surface area contributed by atoms with Crippen molar-refractivity contribution in [1.29, 1.82) is 0 Å². The fourth-order valence-electron chi connectivity index (χ4n) is 4.13. The number of H-pyrrole nitrogens is 1. The Morgan fingerprint density at radius 3 is 1.59 bits per heavy atom. The molecule has 0 aliphatic heterocycles. The lowest BCUT2D eigenvalue weighted by atomic mass is 10.0. The SMILES string of the molecule is CCCCCCCCCCCCCCCCCCc1cc2ccccc2[nH]1. The molecule has 0 aliphatic carbocycles. The van der Waals surface area contributed by atoms with Gasteiger partial charge in [-0.15, -0.1) is 0 Å². The van der Waals surface area contributed by atoms with E-state index in [0.29, 0.717) is 0 Å². The summed E-state index contributed by atoms with van der Waals surface area (Å²) >= 11 is 0. The summed E-state index contributed by atoms with van der Waals surface area (Å²) in [6.07, 6.45) is 24.2. The highest BCUT2D eigenvalue weighted by Gasteiger charge is 2.00. The van der Waals surface area contributed by atoms with Crippen LogP contribution < -0.4 is 0 Å². The van der Waals surface area contributed by atoms with Crippen molar-refractivity contribution in [1.82, 2.24) is 4.98 Å². The Balaban J connectivity index is 1.32. The zero-order valence-corrected chi connectivity index (χ0v) is 17.9. The highest BCUT2D eigenvalue weighted by atomic mass is 14.7. The number of hydrogen-bond acceptors (Lipinski definition) is 0. The van der Waals surface area contributed by atoms with E-state index in [2.05, 4.69) is 42.2 Å². The number of fused-ring (bicyclic) bond motifs is 1. The maximum atomic E-state index is 3.55. The van der Waals surface area contributed by atoms with E-state index in [1.165, 1.54) is 126 Å². The molecule has 1 N–H and O–H groups in total. The standard InChI is InChI=1S/C26H43N/c1-2-3-4-5-6-7-8-9-10-11-12-13-14-15-16-17-21-25-23-24-20-18-19-22-26(24)27-25/h18-20,22-23,27H,2-17,21H2,1H3. The fraction of sp³-hybridized carbons (Fsp3) is 0.692. The summed E-state index contributed by atoms with van der Waals surface area (Å²) in [7, 11) is 0. The van der Waals surface area contributed by atoms with Crippen LogP contribution in [-0.4, -0.2) is 4.98 Å². The monoisotopic (exact) mass is 369 g/mol. The lowest BCUT2D eigenvalue weighted by molar-refractivity contribution is 0.529. The lowest BCUT2D eigenvalue weighted by Crippen LogP contribution is -1.86. The number of aromatic amines is 1. The van der Waals surface area contributed by atoms with Gasteiger partial charge >= 0.3 is 0 Å². The molecule has 0 spiro atoms. The minimum absolute atomic E-state index is 1.20. The molecule has 0 unspecified atom stereocenters. The number of aromatic nitrogens is 1. The molecule has 2 rings (SSSR count). The molecular weight excluding hydrogens is 326 g/mol. The van der Waals surface area contributed by atoms with Gasteiger partial charge in [-0.3, -0.25) is 0 Å². The quantitative estimate of drug-likeness (QED) is 0.268. The summed E-state index contributed by atoms with van der Waals surface area (Å²) in [5.41, 5.74) is 2.69. The summed E-state index contributed by atoms with van der Waals surface area (Å²) in [5.74, 6) is 0. The summed E-state index contributed by atoms with van der Waals surface area (Å²) in [5, 5.41) is 1.35. The van der Waals surface area contributed by atoms with Crippen molar-refractivity contribution in [3.63, 3.8) is 0 Å². The molecule has 0 atom stereocenters. The average molecular weight is 370 g/mol. The Morgan fingerprint density at radius 2 is 1.07 bits per heavy atom. The van der Waals surface area contributed by atoms with E-state index in [-0.39, 0.29) is 0 Å². The van der Waals surface area contributed by atoms with Gasteiger partial charge in [0.15, 0.2) is 0 Å². The van der Waals surface area contributed by atoms with Crippen molar-refractivity contribution in [3.8, 4) is 0 Å². The molecule has 152 valence electrons. The predicted molar refractivity (Wildman–Crippen MR) is 122 cm³/mol. The van der Waals surface area contributed by atoms with Crippen LogP contribution in [0.2, 0.25) is 0 Å². The molecule has 0 saturated heterocycles. The van der Waals surface area contributed by atoms with Gasteiger partial charge in [0.1, 0.15) is 0 Å². The smallest absolute Gasteiger partial charge is 0.0456 e. The molecule has 1 heterocycles. The van der Waals surface area contributed by atoms with Crippen LogP contribution in [0, 0.1) is 0 Å². The minimum atomic E-state index is 1.20. The number of aryl methyl sites for hydroxylation is 1. The zero-order valence-electron chi connectivity index (χ0n) is 17.9. The Bertz CT molecular complexity index is 550. The maximum absolute atomic E-state index is 3.55. The van der Waals surface area contributed by atoms with Crippen LogP contribution in [0.3, 0.4) is 0 Å². The number of rotatable bonds is 17. The van der Waals surface area contributed by atoms with Gasteiger partial charge in [-0.2, -0.15) is 0 Å². The van der Waals surface area contributed by atoms with Crippen LogP contribution in [0.1, 0.15) is 115 Å². The van der Waals surface area contributed by atoms with E-state index >= 15 is 0 Å². The van der Waals surface area contributed by atoms with Crippen LogP contribution in [0.25, 0.3) is 10.9 Å². The zero-order chi connectivity index (χ0) is 19.0. The van der Waals surface area contributed by atoms with E-state index in [1.54, 1.807) is 0 Å². The number of nitrogens with one attached hydrogen (secondary N) is 1. The van der Waals surface area contributed by atoms with Crippen LogP contribution in [0.4, 0.5) is 0 Å². The maximum Gasteiger partial charge on any atom is 0.0456 e. The Morgan fingerprint density at radius 1 is 0.593 bits per heavy atom. The summed E-state index contributed by atoms with van der Waals surface area (Å²) < 4.78 is 0. The highest BCUT2D eigenvalue weighted by Crippen LogP contribution is 2.17. The van der Waals surface area contributed by atoms with Crippen LogP contribution in [0.5, 0.6) is 0 Å². The molecule has 0 aliphatic rings. The molecule has 0 fully saturated rings. The van der Waals surface area contributed by atoms with Crippen molar-refractivity contribution in [2.45, 2.75) is 116 Å². The molecule has 0 radical (unpaired) electrons. The van der Waals surface area contributed by atoms with Crippen molar-refractivity contribution >= 4 is 10.9 Å². The summed E-state index contributed by atoms with van der Waals surface area (Å²) in [6, 6.07) is 10.9. The molecule has 1 heteroatoms. The van der Waals surface area contributed by atoms with Gasteiger partial charge in [0, 0.05) is 11.2 Å². The Labute approximate surface area is 168 Å². The topological polar surface area (TPSA) is 15.8 Å². The van der Waals surface area contributed by atoms with Crippen LogP contribution in [0.15, 0.2) is 30.3 Å². The summed E-state index contributed by atoms with van der Waals surface area (Å²) in [6.45, 7) is 2.30. The molecule has 27 heavy (non-hydrogen) atoms. The first-order chi connectivity index (χ1) is 13.4. The van der Waals surface area contributed by atoms with Crippen LogP contribution >= 0.6 is 0 Å². The molecule has 2 aromatic rings. The Hall–Kier alpha value is -1.24. The van der Waals surface area contributed by atoms with Gasteiger partial charge in [-0.1, -0.05) is 121 Å². The van der Waals surface area contributed by atoms with E-state index in [1.807, 2.05) is 0 Å². The number of benzene rings is 1. The molecular formula is C26H43N. The second-order valence-electron chi connectivity index (χ2n) is 8.44. The van der Waals surface area contributed by atoms with Gasteiger partial charge in [0.05, 0.1) is 0 Å². The average Bonchev–Trinajstić information content (AvgIpc) is 3.10. The molecule has 0 bridgehead atoms. The number of para-hydroxylation sites is 1. The lowest BCUT2D eigenvalue weighted by Gasteiger charge is -2.03. The van der Waals surface area contributed by atoms with Gasteiger partial charge in [0.2, 0.25) is 0 Å². The van der Waals surface area contributed by atoms with E-state index < -0.39 is 0 Å². The number of hydrogen-bond donors (Lipinski definition) is 1. The third-order valence-corrected chi connectivity index (χ3v) is 5.89. The van der Waals surface area contributed by atoms with E-state index in [4.69, 9.17) is 0 Å². The predicted octanol–water partition coefficient (Wildman–Crippen LogP) is 8.97. The second-order valence-corrected chi connectivity index (χ2v) is 8.44. The van der Waals surface area contributed by atoms with E-state index in [0.717, 1.165) is 0 Å². The third-order valence-electron chi connectivity index (χ3n) is 5.89. The molecule has 0 amide bonds. The summed E-state index contributed by atoms with van der Waals surface area (Å²) in [4.78, 5) is 3.55. The normalized spacial score (nSPS) is 11.4. The minimum Gasteiger partial charge on any atom is -0.358 e. The molecule has 1 aromatic heterocycles. The molecule has 1 aromatic carbocycles. The van der Waals surface area contributed by atoms with Crippen LogP contribution in [-0.2, 0) is 6.42 Å². The third kappa shape index (κ3) is 10.0. The largest absolute Gasteiger partial charge is 0.358 e. The van der Waals surface area contributed by atoms with Gasteiger partial charge in [-0.25, -0.2) is 0 Å². The van der Waals surface area contributed by atoms with Gasteiger partial charge < -0.3 is 4.98 Å². The first-order valence-electron chi connectivity index (χ1n) is 12.0. The number of unbranched alkanes of at least 4 members (excludes halogenated alkanes) is 15. The fourth-order valence-corrected chi connectivity index (χ4v) is 4.13. The van der Waals surface area contributed by atoms with Gasteiger partial charge in [-0.05, 0) is 30.4 Å². The Kier molecular flexibility index (Phi) is 12.1. The van der Waals surface area contributed by atoms with Crippen molar-refractivity contribution < 1.29 is 0 Å². The first-order valence-corrected chi connectivity index (χ1v) is 12.0.